The minimum absolute atomic E-state index is 0. The summed E-state index contributed by atoms with van der Waals surface area (Å²) in [6.45, 7) is 0. The summed E-state index contributed by atoms with van der Waals surface area (Å²) in [5.41, 5.74) is 0. The van der Waals surface area contributed by atoms with Crippen molar-refractivity contribution < 1.29 is 45.2 Å². The molecule has 0 aliphatic heterocycles. The topological polar surface area (TPSA) is 204 Å². The molecule has 0 heterocycles. The van der Waals surface area contributed by atoms with E-state index in [4.69, 9.17) is 34.3 Å². The Hall–Kier alpha value is 0.560. The van der Waals surface area contributed by atoms with Gasteiger partial charge < -0.3 is 40.6 Å². The fraction of sp³-hybridized carbons (Fsp3) is 0. The first kappa shape index (κ1) is 29.4. The van der Waals surface area contributed by atoms with Crippen molar-refractivity contribution in [2.45, 2.75) is 0 Å². The number of carboxylic acid groups (broad SMARTS) is 2. The summed E-state index contributed by atoms with van der Waals surface area (Å²) in [5, 5.41) is 16.7. The maximum atomic E-state index is 8.88. The molecule has 0 amide bonds. The van der Waals surface area contributed by atoms with Crippen LogP contribution in [0.1, 0.15) is 0 Å². The van der Waals surface area contributed by atoms with Gasteiger partial charge in [0.05, 0.1) is 0 Å². The van der Waals surface area contributed by atoms with E-state index < -0.39 is 14.0 Å². The molecule has 0 aliphatic rings. The number of rotatable bonds is 0. The van der Waals surface area contributed by atoms with Crippen LogP contribution < -0.4 is 10.2 Å². The second kappa shape index (κ2) is 14.1. The van der Waals surface area contributed by atoms with Crippen molar-refractivity contribution in [3.63, 3.8) is 0 Å². The van der Waals surface area contributed by atoms with Crippen LogP contribution in [0.15, 0.2) is 0 Å². The Bertz CT molecular complexity index is 114. The summed E-state index contributed by atoms with van der Waals surface area (Å²) in [5.74, 6) is 0. The second-order valence-electron chi connectivity index (χ2n) is 0.763. The Morgan fingerprint density at radius 3 is 1.08 bits per heavy atom. The monoisotopic (exact) mass is 234 g/mol. The number of phosphoric acid groups is 1. The molecule has 0 unspecified atom stereocenters. The Morgan fingerprint density at radius 1 is 1.08 bits per heavy atom. The SMILES string of the molecule is O.O.O=C([O-])[O-].O=P(O)(O)O.[Ca+2]. The van der Waals surface area contributed by atoms with Crippen molar-refractivity contribution >= 4 is 51.7 Å². The molecule has 0 fully saturated rings. The number of hydrogen-bond donors (Lipinski definition) is 3. The molecular weight excluding hydrogens is 227 g/mol. The smallest absolute Gasteiger partial charge is 0.652 e. The molecule has 0 aromatic rings. The molecule has 9 nitrogen and oxygen atoms in total. The van der Waals surface area contributed by atoms with E-state index in [0.717, 1.165) is 0 Å². The predicted molar refractivity (Wildman–Crippen MR) is 32.6 cm³/mol. The number of carbonyl (C=O) groups excluding carboxylic acids is 1. The fourth-order valence-corrected chi connectivity index (χ4v) is 0. The van der Waals surface area contributed by atoms with Gasteiger partial charge in [-0.25, -0.2) is 4.57 Å². The Labute approximate surface area is 96.5 Å². The molecule has 0 aliphatic carbocycles. The van der Waals surface area contributed by atoms with Crippen LogP contribution in [-0.2, 0) is 4.57 Å². The predicted octanol–water partition coefficient (Wildman–Crippen LogP) is -5.41. The van der Waals surface area contributed by atoms with Crippen LogP contribution in [0.4, 0.5) is 4.79 Å². The zero-order valence-electron chi connectivity index (χ0n) is 5.63. The molecule has 72 valence electrons. The first-order valence-electron chi connectivity index (χ1n) is 1.39. The van der Waals surface area contributed by atoms with E-state index in [2.05, 4.69) is 0 Å². The van der Waals surface area contributed by atoms with Gasteiger partial charge in [-0.3, -0.25) is 0 Å². The Kier molecular flexibility index (Phi) is 34.5. The van der Waals surface area contributed by atoms with Crippen LogP contribution in [0.2, 0.25) is 0 Å². The molecule has 12 heavy (non-hydrogen) atoms. The van der Waals surface area contributed by atoms with E-state index in [1.807, 2.05) is 0 Å². The molecule has 0 bridgehead atoms. The molecule has 0 rings (SSSR count). The molecule has 0 saturated heterocycles. The van der Waals surface area contributed by atoms with Gasteiger partial charge in [-0.1, -0.05) is 0 Å². The summed E-state index contributed by atoms with van der Waals surface area (Å²) in [6, 6.07) is 0. The van der Waals surface area contributed by atoms with E-state index >= 15 is 0 Å². The summed E-state index contributed by atoms with van der Waals surface area (Å²) < 4.78 is 8.88. The van der Waals surface area contributed by atoms with Gasteiger partial charge in [0.25, 0.3) is 0 Å². The van der Waals surface area contributed by atoms with Crippen molar-refractivity contribution in [3.8, 4) is 0 Å². The first-order chi connectivity index (χ1) is 3.73. The van der Waals surface area contributed by atoms with Gasteiger partial charge >= 0.3 is 45.6 Å². The third-order valence-electron chi connectivity index (χ3n) is 0. The molecule has 0 aromatic carbocycles. The van der Waals surface area contributed by atoms with E-state index in [0.29, 0.717) is 0 Å². The minimum atomic E-state index is -4.64. The number of carbonyl (C=O) groups is 1. The van der Waals surface area contributed by atoms with Crippen LogP contribution in [0.25, 0.3) is 0 Å². The van der Waals surface area contributed by atoms with Gasteiger partial charge in [-0.05, 0) is 6.16 Å². The quantitative estimate of drug-likeness (QED) is 0.273. The maximum absolute atomic E-state index is 8.88. The van der Waals surface area contributed by atoms with Crippen LogP contribution in [-0.4, -0.2) is 69.5 Å². The van der Waals surface area contributed by atoms with Crippen LogP contribution in [0.5, 0.6) is 0 Å². The van der Waals surface area contributed by atoms with Gasteiger partial charge in [0, 0.05) is 0 Å². The minimum Gasteiger partial charge on any atom is -0.652 e. The summed E-state index contributed by atoms with van der Waals surface area (Å²) in [7, 11) is -4.64. The molecule has 0 radical (unpaired) electrons. The van der Waals surface area contributed by atoms with Crippen LogP contribution in [0, 0.1) is 0 Å². The van der Waals surface area contributed by atoms with Crippen molar-refractivity contribution in [3.05, 3.63) is 0 Å². The van der Waals surface area contributed by atoms with Crippen molar-refractivity contribution in [1.82, 2.24) is 0 Å². The average Bonchev–Trinajstić information content (AvgIpc) is 1.19. The Morgan fingerprint density at radius 2 is 1.08 bits per heavy atom. The Balaban J connectivity index is -0.0000000221. The molecule has 0 aromatic heterocycles. The van der Waals surface area contributed by atoms with Gasteiger partial charge in [0.1, 0.15) is 0 Å². The largest absolute Gasteiger partial charge is 2.00 e. The zero-order valence-corrected chi connectivity index (χ0v) is 8.73. The summed E-state index contributed by atoms with van der Waals surface area (Å²) in [4.78, 5) is 29.9. The molecule has 0 atom stereocenters. The summed E-state index contributed by atoms with van der Waals surface area (Å²) in [6.07, 6.45) is -2.33. The van der Waals surface area contributed by atoms with E-state index in [-0.39, 0.29) is 48.7 Å². The first-order valence-corrected chi connectivity index (χ1v) is 2.96. The van der Waals surface area contributed by atoms with Gasteiger partial charge in [0.2, 0.25) is 0 Å². The zero-order chi connectivity index (χ0) is 8.08. The average molecular weight is 234 g/mol. The standard InChI is InChI=1S/CH2O3.Ca.H3O4P.2H2O/c2-1(3)4;;1-5(2,3)4;;/h(H2,2,3,4);;(H3,1,2,3,4);2*1H2/q;+2;;;/p-2. The van der Waals surface area contributed by atoms with E-state index in [1.165, 1.54) is 0 Å². The summed E-state index contributed by atoms with van der Waals surface area (Å²) >= 11 is 0. The fourth-order valence-electron chi connectivity index (χ4n) is 0. The third kappa shape index (κ3) is 3080. The van der Waals surface area contributed by atoms with Crippen LogP contribution >= 0.6 is 7.82 Å². The van der Waals surface area contributed by atoms with Gasteiger partial charge in [-0.2, -0.15) is 0 Å². The van der Waals surface area contributed by atoms with Gasteiger partial charge in [-0.15, -0.1) is 0 Å². The van der Waals surface area contributed by atoms with E-state index in [1.54, 1.807) is 0 Å². The van der Waals surface area contributed by atoms with Crippen LogP contribution in [0.3, 0.4) is 0 Å². The molecular formula is CH7CaO9P. The third-order valence-corrected chi connectivity index (χ3v) is 0. The van der Waals surface area contributed by atoms with Crippen molar-refractivity contribution in [1.29, 1.82) is 0 Å². The molecule has 0 saturated carbocycles. The molecule has 11 heteroatoms. The maximum Gasteiger partial charge on any atom is 2.00 e. The normalized spacial score (nSPS) is 6.92. The van der Waals surface area contributed by atoms with Crippen molar-refractivity contribution in [2.24, 2.45) is 0 Å². The molecule has 0 spiro atoms. The van der Waals surface area contributed by atoms with Gasteiger partial charge in [0.15, 0.2) is 0 Å². The molecule has 7 N–H and O–H groups in total. The van der Waals surface area contributed by atoms with Crippen molar-refractivity contribution in [2.75, 3.05) is 0 Å². The number of hydrogen-bond acceptors (Lipinski definition) is 4. The van der Waals surface area contributed by atoms with E-state index in [9.17, 15) is 0 Å². The second-order valence-corrected chi connectivity index (χ2v) is 1.79.